The molecule has 9 nitrogen and oxygen atoms in total. The number of pyridine rings is 2. The maximum atomic E-state index is 14.3. The van der Waals surface area contributed by atoms with Crippen molar-refractivity contribution in [1.82, 2.24) is 39.7 Å². The van der Waals surface area contributed by atoms with Gasteiger partial charge in [0.25, 0.3) is 0 Å². The summed E-state index contributed by atoms with van der Waals surface area (Å²) in [7, 11) is 0. The Balaban J connectivity index is 1.34. The summed E-state index contributed by atoms with van der Waals surface area (Å²) >= 11 is 0. The van der Waals surface area contributed by atoms with Gasteiger partial charge in [0.05, 0.1) is 17.9 Å². The molecule has 10 heteroatoms. The maximum absolute atomic E-state index is 14.3. The second-order valence-corrected chi connectivity index (χ2v) is 10.6. The highest BCUT2D eigenvalue weighted by Gasteiger charge is 2.20. The Morgan fingerprint density at radius 1 is 0.909 bits per heavy atom. The van der Waals surface area contributed by atoms with Crippen LogP contribution >= 0.6 is 0 Å². The van der Waals surface area contributed by atoms with Gasteiger partial charge in [-0.25, -0.2) is 14.4 Å². The number of hydrogen-bond donors (Lipinski definition) is 0. The number of aromatic nitrogens is 8. The number of fused-ring (bicyclic) bond motifs is 1. The van der Waals surface area contributed by atoms with E-state index in [0.29, 0.717) is 41.6 Å². The molecule has 2 aromatic carbocycles. The monoisotopic (exact) mass is 590 g/mol. The first-order chi connectivity index (χ1) is 21.6. The van der Waals surface area contributed by atoms with Gasteiger partial charge in [-0.05, 0) is 65.6 Å². The standard InChI is InChI=1S/C34H35FN8O/c1-4-6-14-32-37-30-20-28(29-13-9-10-19-36-29)31(21-35)38-34(30)42(32)22-24-15-17-25(18-16-24)26-11-7-8-12-27(26)33-39-40-41-43(33)23(3)44-5-2/h7-13,15-20,23H,4-6,14,21-22H2,1-3H3. The Hall–Kier alpha value is -4.83. The van der Waals surface area contributed by atoms with Crippen molar-refractivity contribution in [2.45, 2.75) is 59.5 Å². The average molecular weight is 591 g/mol. The zero-order valence-electron chi connectivity index (χ0n) is 25.2. The van der Waals surface area contributed by atoms with Gasteiger partial charge in [0.15, 0.2) is 17.7 Å². The fraction of sp³-hybridized carbons (Fsp3) is 0.294. The van der Waals surface area contributed by atoms with Crippen molar-refractivity contribution in [3.05, 3.63) is 96.1 Å². The highest BCUT2D eigenvalue weighted by molar-refractivity contribution is 5.81. The minimum absolute atomic E-state index is 0.293. The van der Waals surface area contributed by atoms with Crippen molar-refractivity contribution in [3.8, 4) is 33.8 Å². The van der Waals surface area contributed by atoms with E-state index in [0.717, 1.165) is 52.9 Å². The Bertz CT molecular complexity index is 1850. The third-order valence-electron chi connectivity index (χ3n) is 7.72. The van der Waals surface area contributed by atoms with Gasteiger partial charge < -0.3 is 9.30 Å². The predicted molar refractivity (Wildman–Crippen MR) is 168 cm³/mol. The number of nitrogens with zero attached hydrogens (tertiary/aromatic N) is 8. The van der Waals surface area contributed by atoms with Crippen LogP contribution in [0.15, 0.2) is 79.0 Å². The summed E-state index contributed by atoms with van der Waals surface area (Å²) in [5, 5.41) is 12.4. The first-order valence-electron chi connectivity index (χ1n) is 15.1. The van der Waals surface area contributed by atoms with E-state index in [1.165, 1.54) is 0 Å². The fourth-order valence-electron chi connectivity index (χ4n) is 5.50. The van der Waals surface area contributed by atoms with E-state index in [4.69, 9.17) is 14.7 Å². The van der Waals surface area contributed by atoms with Crippen LogP contribution in [-0.4, -0.2) is 46.3 Å². The summed E-state index contributed by atoms with van der Waals surface area (Å²) in [6, 6.07) is 24.1. The smallest absolute Gasteiger partial charge is 0.185 e. The number of benzene rings is 2. The lowest BCUT2D eigenvalue weighted by Gasteiger charge is -2.15. The predicted octanol–water partition coefficient (Wildman–Crippen LogP) is 7.23. The molecule has 0 saturated carbocycles. The van der Waals surface area contributed by atoms with Crippen molar-refractivity contribution in [1.29, 1.82) is 0 Å². The van der Waals surface area contributed by atoms with E-state index in [-0.39, 0.29) is 6.23 Å². The molecule has 0 aliphatic heterocycles. The Morgan fingerprint density at radius 2 is 1.70 bits per heavy atom. The molecule has 44 heavy (non-hydrogen) atoms. The lowest BCUT2D eigenvalue weighted by Crippen LogP contribution is -2.12. The van der Waals surface area contributed by atoms with Crippen molar-refractivity contribution in [2.75, 3.05) is 6.61 Å². The molecule has 6 aromatic rings. The van der Waals surface area contributed by atoms with Gasteiger partial charge in [-0.3, -0.25) is 4.98 Å². The van der Waals surface area contributed by atoms with Crippen molar-refractivity contribution in [2.24, 2.45) is 0 Å². The van der Waals surface area contributed by atoms with E-state index in [1.54, 1.807) is 10.9 Å². The van der Waals surface area contributed by atoms with Gasteiger partial charge in [-0.2, -0.15) is 4.68 Å². The highest BCUT2D eigenvalue weighted by atomic mass is 19.1. The molecule has 0 spiro atoms. The van der Waals surface area contributed by atoms with Crippen molar-refractivity contribution in [3.63, 3.8) is 0 Å². The molecular weight excluding hydrogens is 555 g/mol. The molecule has 4 heterocycles. The number of ether oxygens (including phenoxy) is 1. The maximum Gasteiger partial charge on any atom is 0.185 e. The third-order valence-corrected chi connectivity index (χ3v) is 7.72. The van der Waals surface area contributed by atoms with Crippen LogP contribution in [0.25, 0.3) is 44.9 Å². The van der Waals surface area contributed by atoms with E-state index >= 15 is 0 Å². The average Bonchev–Trinajstić information content (AvgIpc) is 3.69. The van der Waals surface area contributed by atoms with Crippen LogP contribution in [0.3, 0.4) is 0 Å². The Kier molecular flexibility index (Phi) is 8.79. The van der Waals surface area contributed by atoms with Crippen LogP contribution in [-0.2, 0) is 24.4 Å². The number of aryl methyl sites for hydroxylation is 1. The number of hydrogen-bond acceptors (Lipinski definition) is 7. The van der Waals surface area contributed by atoms with Crippen LogP contribution in [0, 0.1) is 0 Å². The minimum Gasteiger partial charge on any atom is -0.357 e. The summed E-state index contributed by atoms with van der Waals surface area (Å²) in [5.41, 5.74) is 7.25. The van der Waals surface area contributed by atoms with Crippen LogP contribution in [0.5, 0.6) is 0 Å². The molecule has 1 unspecified atom stereocenters. The van der Waals surface area contributed by atoms with E-state index in [9.17, 15) is 4.39 Å². The number of alkyl halides is 1. The first kappa shape index (κ1) is 29.3. The Morgan fingerprint density at radius 3 is 2.43 bits per heavy atom. The molecule has 1 atom stereocenters. The number of imidazole rings is 1. The van der Waals surface area contributed by atoms with Crippen molar-refractivity contribution < 1.29 is 9.13 Å². The highest BCUT2D eigenvalue weighted by Crippen LogP contribution is 2.32. The summed E-state index contributed by atoms with van der Waals surface area (Å²) in [4.78, 5) is 14.2. The topological polar surface area (TPSA) is 96.4 Å². The molecular formula is C34H35FN8O. The zero-order chi connectivity index (χ0) is 30.5. The minimum atomic E-state index is -0.682. The molecule has 0 fully saturated rings. The van der Waals surface area contributed by atoms with Gasteiger partial charge in [0, 0.05) is 30.4 Å². The van der Waals surface area contributed by atoms with Crippen LogP contribution in [0.2, 0.25) is 0 Å². The second kappa shape index (κ2) is 13.2. The normalized spacial score (nSPS) is 12.2. The van der Waals surface area contributed by atoms with Crippen LogP contribution < -0.4 is 0 Å². The largest absolute Gasteiger partial charge is 0.357 e. The van der Waals surface area contributed by atoms with Gasteiger partial charge in [0.1, 0.15) is 18.0 Å². The van der Waals surface area contributed by atoms with E-state index in [1.807, 2.05) is 56.3 Å². The van der Waals surface area contributed by atoms with E-state index in [2.05, 4.69) is 62.3 Å². The summed E-state index contributed by atoms with van der Waals surface area (Å²) in [5.74, 6) is 1.60. The van der Waals surface area contributed by atoms with Gasteiger partial charge in [-0.1, -0.05) is 67.9 Å². The van der Waals surface area contributed by atoms with Gasteiger partial charge >= 0.3 is 0 Å². The molecule has 0 radical (unpaired) electrons. The fourth-order valence-corrected chi connectivity index (χ4v) is 5.50. The Labute approximate surface area is 255 Å². The van der Waals surface area contributed by atoms with Crippen LogP contribution in [0.4, 0.5) is 4.39 Å². The summed E-state index contributed by atoms with van der Waals surface area (Å²) in [6.07, 6.45) is 4.28. The molecule has 0 amide bonds. The molecule has 0 bridgehead atoms. The molecule has 6 rings (SSSR count). The number of tetrazole rings is 1. The molecule has 0 N–H and O–H groups in total. The summed E-state index contributed by atoms with van der Waals surface area (Å²) in [6.45, 7) is 6.50. The zero-order valence-corrected chi connectivity index (χ0v) is 25.2. The molecule has 0 aliphatic carbocycles. The van der Waals surface area contributed by atoms with Gasteiger partial charge in [0.2, 0.25) is 0 Å². The number of halogens is 1. The molecule has 0 aliphatic rings. The van der Waals surface area contributed by atoms with E-state index < -0.39 is 6.67 Å². The summed E-state index contributed by atoms with van der Waals surface area (Å²) < 4.78 is 23.9. The second-order valence-electron chi connectivity index (χ2n) is 10.6. The lowest BCUT2D eigenvalue weighted by molar-refractivity contribution is 0.0159. The molecule has 4 aromatic heterocycles. The van der Waals surface area contributed by atoms with Crippen LogP contribution in [0.1, 0.15) is 56.9 Å². The van der Waals surface area contributed by atoms with Gasteiger partial charge in [-0.15, -0.1) is 5.10 Å². The first-order valence-corrected chi connectivity index (χ1v) is 15.1. The number of rotatable bonds is 12. The third kappa shape index (κ3) is 5.85. The molecule has 224 valence electrons. The quantitative estimate of drug-likeness (QED) is 0.148. The lowest BCUT2D eigenvalue weighted by atomic mass is 9.98. The van der Waals surface area contributed by atoms with Crippen molar-refractivity contribution >= 4 is 11.2 Å². The number of unbranched alkanes of at least 4 members (excludes halogenated alkanes) is 1. The molecule has 0 saturated heterocycles. The SMILES string of the molecule is CCCCc1nc2cc(-c3ccccn3)c(CF)nc2n1Cc1ccc(-c2ccccc2-c2nnnn2C(C)OCC)cc1.